The number of nitrogens with one attached hydrogen (secondary N) is 2. The van der Waals surface area contributed by atoms with Crippen LogP contribution >= 0.6 is 11.8 Å². The molecule has 0 saturated carbocycles. The maximum atomic E-state index is 13.2. The number of carbonyl (C=O) groups is 2. The minimum atomic E-state index is -0.505. The molecular weight excluding hydrogens is 460 g/mol. The van der Waals surface area contributed by atoms with Gasteiger partial charge in [-0.15, -0.1) is 0 Å². The fourth-order valence-electron chi connectivity index (χ4n) is 4.21. The highest BCUT2D eigenvalue weighted by atomic mass is 32.2. The molecule has 0 spiro atoms. The van der Waals surface area contributed by atoms with Crippen molar-refractivity contribution < 1.29 is 14.3 Å². The summed E-state index contributed by atoms with van der Waals surface area (Å²) in [6.45, 7) is 1.17. The first-order valence-electron chi connectivity index (χ1n) is 11.6. The standard InChI is InChI=1S/C27H26N4O3S/c32-25(18-35-27-28-17-19-9-4-5-12-21(19)30-27)31-16-8-14-23(31)26(33)29-22-13-6-7-15-24(22)34-20-10-2-1-3-11-20/h1-7,9-13,15,23H,8,14,16-18H2,(H,28,30)(H,29,33)/t23-/m0/s1. The number of ether oxygens (including phenoxy) is 1. The molecule has 0 aliphatic carbocycles. The van der Waals surface area contributed by atoms with Crippen molar-refractivity contribution in [3.8, 4) is 11.5 Å². The van der Waals surface area contributed by atoms with Gasteiger partial charge in [0.2, 0.25) is 11.8 Å². The summed E-state index contributed by atoms with van der Waals surface area (Å²) in [6.07, 6.45) is 1.43. The van der Waals surface area contributed by atoms with Crippen molar-refractivity contribution in [2.24, 2.45) is 4.99 Å². The Kier molecular flexibility index (Phi) is 6.99. The lowest BCUT2D eigenvalue weighted by Gasteiger charge is -2.25. The molecule has 0 aromatic heterocycles. The van der Waals surface area contributed by atoms with Crippen LogP contribution in [0.5, 0.6) is 11.5 Å². The molecule has 1 atom stereocenters. The van der Waals surface area contributed by atoms with Crippen LogP contribution in [-0.4, -0.2) is 40.2 Å². The molecule has 2 aliphatic heterocycles. The van der Waals surface area contributed by atoms with Crippen LogP contribution in [0.15, 0.2) is 83.9 Å². The van der Waals surface area contributed by atoms with Gasteiger partial charge < -0.3 is 20.3 Å². The predicted octanol–water partition coefficient (Wildman–Crippen LogP) is 5.12. The number of nitrogens with zero attached hydrogens (tertiary/aromatic N) is 2. The highest BCUT2D eigenvalue weighted by Gasteiger charge is 2.34. The Morgan fingerprint density at radius 1 is 1.03 bits per heavy atom. The van der Waals surface area contributed by atoms with Crippen molar-refractivity contribution in [3.05, 3.63) is 84.4 Å². The monoisotopic (exact) mass is 486 g/mol. The largest absolute Gasteiger partial charge is 0.455 e. The van der Waals surface area contributed by atoms with Crippen LogP contribution in [0.1, 0.15) is 18.4 Å². The maximum Gasteiger partial charge on any atom is 0.247 e. The second-order valence-corrected chi connectivity index (χ2v) is 9.30. The number of carbonyl (C=O) groups excluding carboxylic acids is 2. The first-order chi connectivity index (χ1) is 17.2. The van der Waals surface area contributed by atoms with Gasteiger partial charge in [0.15, 0.2) is 10.9 Å². The average molecular weight is 487 g/mol. The number of aliphatic imine (C=N–C) groups is 1. The zero-order valence-corrected chi connectivity index (χ0v) is 20.0. The van der Waals surface area contributed by atoms with E-state index in [1.807, 2.05) is 72.8 Å². The van der Waals surface area contributed by atoms with E-state index in [9.17, 15) is 9.59 Å². The number of thioether (sulfide) groups is 1. The van der Waals surface area contributed by atoms with Crippen LogP contribution in [0, 0.1) is 0 Å². The van der Waals surface area contributed by atoms with E-state index in [4.69, 9.17) is 4.74 Å². The highest BCUT2D eigenvalue weighted by molar-refractivity contribution is 8.14. The molecule has 1 saturated heterocycles. The van der Waals surface area contributed by atoms with Crippen LogP contribution < -0.4 is 15.4 Å². The Labute approximate surface area is 208 Å². The number of fused-ring (bicyclic) bond motifs is 1. The van der Waals surface area contributed by atoms with Gasteiger partial charge in [-0.25, -0.2) is 0 Å². The Morgan fingerprint density at radius 2 is 1.80 bits per heavy atom. The van der Waals surface area contributed by atoms with Gasteiger partial charge >= 0.3 is 0 Å². The molecule has 2 amide bonds. The summed E-state index contributed by atoms with van der Waals surface area (Å²) >= 11 is 1.37. The van der Waals surface area contributed by atoms with E-state index in [2.05, 4.69) is 15.6 Å². The Hall–Kier alpha value is -3.78. The zero-order chi connectivity index (χ0) is 24.0. The molecular formula is C27H26N4O3S. The number of likely N-dealkylation sites (tertiary alicyclic amines) is 1. The molecule has 7 nitrogen and oxygen atoms in total. The van der Waals surface area contributed by atoms with Gasteiger partial charge in [0.1, 0.15) is 11.8 Å². The van der Waals surface area contributed by atoms with Crippen molar-refractivity contribution in [1.29, 1.82) is 0 Å². The molecule has 0 unspecified atom stereocenters. The molecule has 0 radical (unpaired) electrons. The van der Waals surface area contributed by atoms with E-state index in [0.29, 0.717) is 36.7 Å². The summed E-state index contributed by atoms with van der Waals surface area (Å²) in [5, 5.41) is 6.98. The minimum Gasteiger partial charge on any atom is -0.455 e. The van der Waals surface area contributed by atoms with Crippen LogP contribution in [-0.2, 0) is 16.1 Å². The quantitative estimate of drug-likeness (QED) is 0.505. The van der Waals surface area contributed by atoms with Gasteiger partial charge in [0, 0.05) is 12.2 Å². The summed E-state index contributed by atoms with van der Waals surface area (Å²) in [7, 11) is 0. The Morgan fingerprint density at radius 3 is 2.69 bits per heavy atom. The van der Waals surface area contributed by atoms with Crippen molar-refractivity contribution in [2.75, 3.05) is 22.9 Å². The van der Waals surface area contributed by atoms with Crippen molar-refractivity contribution in [3.63, 3.8) is 0 Å². The Balaban J connectivity index is 1.20. The van der Waals surface area contributed by atoms with Crippen LogP contribution in [0.4, 0.5) is 11.4 Å². The molecule has 178 valence electrons. The zero-order valence-electron chi connectivity index (χ0n) is 19.1. The molecule has 3 aromatic rings. The third-order valence-corrected chi connectivity index (χ3v) is 6.87. The number of anilines is 2. The summed E-state index contributed by atoms with van der Waals surface area (Å²) in [5.74, 6) is 1.20. The van der Waals surface area contributed by atoms with E-state index >= 15 is 0 Å². The molecule has 5 rings (SSSR count). The highest BCUT2D eigenvalue weighted by Crippen LogP contribution is 2.30. The molecule has 2 N–H and O–H groups in total. The smallest absolute Gasteiger partial charge is 0.247 e. The number of amides is 2. The molecule has 2 heterocycles. The van der Waals surface area contributed by atoms with Crippen LogP contribution in [0.2, 0.25) is 0 Å². The van der Waals surface area contributed by atoms with Crippen molar-refractivity contribution in [1.82, 2.24) is 4.90 Å². The number of amidine groups is 1. The van der Waals surface area contributed by atoms with Gasteiger partial charge in [-0.3, -0.25) is 14.6 Å². The van der Waals surface area contributed by atoms with Crippen LogP contribution in [0.25, 0.3) is 0 Å². The molecule has 0 bridgehead atoms. The van der Waals surface area contributed by atoms with Gasteiger partial charge in [-0.1, -0.05) is 60.3 Å². The molecule has 8 heteroatoms. The first-order valence-corrected chi connectivity index (χ1v) is 12.6. The third-order valence-electron chi connectivity index (χ3n) is 5.98. The lowest BCUT2D eigenvalue weighted by molar-refractivity contribution is -0.134. The second-order valence-electron chi connectivity index (χ2n) is 8.34. The third kappa shape index (κ3) is 5.49. The molecule has 3 aromatic carbocycles. The lowest BCUT2D eigenvalue weighted by atomic mass is 10.1. The fourth-order valence-corrected chi connectivity index (χ4v) is 4.98. The van der Waals surface area contributed by atoms with Gasteiger partial charge in [0.25, 0.3) is 0 Å². The SMILES string of the molecule is O=C(Nc1ccccc1Oc1ccccc1)[C@@H]1CCCN1C(=O)CSC1=NCc2ccccc2N1. The maximum absolute atomic E-state index is 13.2. The Bertz CT molecular complexity index is 1250. The summed E-state index contributed by atoms with van der Waals surface area (Å²) in [4.78, 5) is 32.4. The summed E-state index contributed by atoms with van der Waals surface area (Å²) in [6, 6.07) is 24.2. The van der Waals surface area contributed by atoms with Gasteiger partial charge in [-0.2, -0.15) is 0 Å². The van der Waals surface area contributed by atoms with E-state index < -0.39 is 6.04 Å². The molecule has 1 fully saturated rings. The number of hydrogen-bond donors (Lipinski definition) is 2. The topological polar surface area (TPSA) is 83.0 Å². The van der Waals surface area contributed by atoms with Gasteiger partial charge in [0.05, 0.1) is 18.0 Å². The minimum absolute atomic E-state index is 0.0650. The van der Waals surface area contributed by atoms with Gasteiger partial charge in [-0.05, 0) is 48.7 Å². The van der Waals surface area contributed by atoms with E-state index in [1.165, 1.54) is 11.8 Å². The lowest BCUT2D eigenvalue weighted by Crippen LogP contribution is -2.44. The second kappa shape index (κ2) is 10.7. The summed E-state index contributed by atoms with van der Waals surface area (Å²) in [5.41, 5.74) is 2.73. The first kappa shape index (κ1) is 23.0. The number of benzene rings is 3. The van der Waals surface area contributed by atoms with E-state index in [-0.39, 0.29) is 17.6 Å². The van der Waals surface area contributed by atoms with E-state index in [0.717, 1.165) is 22.8 Å². The van der Waals surface area contributed by atoms with E-state index in [1.54, 1.807) is 11.0 Å². The fraction of sp³-hybridized carbons (Fsp3) is 0.222. The van der Waals surface area contributed by atoms with Crippen molar-refractivity contribution in [2.45, 2.75) is 25.4 Å². The average Bonchev–Trinajstić information content (AvgIpc) is 3.39. The molecule has 35 heavy (non-hydrogen) atoms. The number of para-hydroxylation sites is 4. The normalized spacial score (nSPS) is 16.6. The van der Waals surface area contributed by atoms with Crippen LogP contribution in [0.3, 0.4) is 0 Å². The molecule has 2 aliphatic rings. The van der Waals surface area contributed by atoms with Crippen molar-refractivity contribution >= 4 is 40.1 Å². The number of rotatable bonds is 6. The summed E-state index contributed by atoms with van der Waals surface area (Å²) < 4.78 is 5.96. The number of hydrogen-bond acceptors (Lipinski definition) is 6. The predicted molar refractivity (Wildman–Crippen MR) is 140 cm³/mol.